The summed E-state index contributed by atoms with van der Waals surface area (Å²) in [6.07, 6.45) is 2.63. The van der Waals surface area contributed by atoms with Crippen LogP contribution in [0.2, 0.25) is 0 Å². The molecule has 12 nitrogen and oxygen atoms in total. The minimum Gasteiger partial charge on any atom is -0.508 e. The Balaban J connectivity index is 0.996. The van der Waals surface area contributed by atoms with E-state index in [1.165, 1.54) is 5.56 Å². The van der Waals surface area contributed by atoms with E-state index < -0.39 is 76.6 Å². The largest absolute Gasteiger partial charge is 0.508 e. The topological polar surface area (TPSA) is 194 Å². The summed E-state index contributed by atoms with van der Waals surface area (Å²) >= 11 is 0. The number of aliphatic hydroxyl groups excluding tert-OH is 3. The Bertz CT molecular complexity index is 2820. The van der Waals surface area contributed by atoms with E-state index in [0.717, 1.165) is 64.8 Å². The van der Waals surface area contributed by atoms with Crippen LogP contribution < -0.4 is 10.1 Å². The summed E-state index contributed by atoms with van der Waals surface area (Å²) in [6.45, 7) is 0.0556. The number of ether oxygens (including phenoxy) is 3. The van der Waals surface area contributed by atoms with Crippen LogP contribution in [-0.4, -0.2) is 96.6 Å². The molecule has 8 aliphatic rings. The Morgan fingerprint density at radius 3 is 2.51 bits per heavy atom. The van der Waals surface area contributed by atoms with Crippen molar-refractivity contribution in [3.63, 3.8) is 0 Å². The molecule has 2 bridgehead atoms. The number of esters is 1. The van der Waals surface area contributed by atoms with E-state index in [-0.39, 0.29) is 34.9 Å². The fraction of sp³-hybridized carbons (Fsp3) is 0.510. The van der Waals surface area contributed by atoms with E-state index >= 15 is 4.79 Å². The maximum Gasteiger partial charge on any atom is 0.343 e. The summed E-state index contributed by atoms with van der Waals surface area (Å²) in [7, 11) is 1.89. The fourth-order valence-corrected chi connectivity index (χ4v) is 16.6. The van der Waals surface area contributed by atoms with Crippen LogP contribution in [0.15, 0.2) is 78.4 Å². The van der Waals surface area contributed by atoms with Gasteiger partial charge >= 0.3 is 5.97 Å². The number of carbonyl (C=O) groups excluding carboxylic acids is 1. The highest BCUT2D eigenvalue weighted by Crippen LogP contribution is 2.81. The van der Waals surface area contributed by atoms with Gasteiger partial charge in [0, 0.05) is 23.3 Å². The third-order valence-electron chi connectivity index (χ3n) is 18.4. The number of nitrogens with one attached hydrogen (secondary N) is 2. The molecule has 2 spiro atoms. The molecular weight excluding hydrogens is 801 g/mol. The van der Waals surface area contributed by atoms with E-state index in [0.29, 0.717) is 43.1 Å². The van der Waals surface area contributed by atoms with E-state index in [2.05, 4.69) is 22.4 Å². The Morgan fingerprint density at radius 1 is 0.921 bits per heavy atom. The number of aromatic amines is 1. The Hall–Kier alpha value is -4.37. The van der Waals surface area contributed by atoms with Gasteiger partial charge in [-0.25, -0.2) is 4.79 Å². The zero-order chi connectivity index (χ0) is 43.0. The van der Waals surface area contributed by atoms with Gasteiger partial charge in [-0.05, 0) is 152 Å². The number of hydrogen-bond acceptors (Lipinski definition) is 11. The van der Waals surface area contributed by atoms with Gasteiger partial charge in [0.05, 0.1) is 34.9 Å². The molecular formula is C51H54N2O10. The molecule has 4 saturated carbocycles. The summed E-state index contributed by atoms with van der Waals surface area (Å²) in [6, 6.07) is 21.7. The predicted octanol–water partition coefficient (Wildman–Crippen LogP) is 5.15. The smallest absolute Gasteiger partial charge is 0.343 e. The number of fused-ring (bicyclic) bond motifs is 5. The van der Waals surface area contributed by atoms with E-state index in [1.807, 2.05) is 55.6 Å². The summed E-state index contributed by atoms with van der Waals surface area (Å²) in [5.74, 6) is -4.19. The van der Waals surface area contributed by atoms with Crippen LogP contribution in [0.5, 0.6) is 11.5 Å². The van der Waals surface area contributed by atoms with Crippen molar-refractivity contribution in [1.29, 1.82) is 0 Å². The second-order valence-electron chi connectivity index (χ2n) is 20.4. The number of hydrogen-bond donors (Lipinski definition) is 8. The van der Waals surface area contributed by atoms with Crippen LogP contribution >= 0.6 is 0 Å². The number of carbonyl (C=O) groups is 1. The molecule has 2 aliphatic heterocycles. The van der Waals surface area contributed by atoms with Gasteiger partial charge in [-0.2, -0.15) is 0 Å². The lowest BCUT2D eigenvalue weighted by atomic mass is 9.35. The molecule has 8 N–H and O–H groups in total. The second-order valence-corrected chi connectivity index (χ2v) is 20.4. The van der Waals surface area contributed by atoms with Crippen molar-refractivity contribution in [3.8, 4) is 11.5 Å². The number of aliphatic hydroxyl groups is 5. The first-order valence-corrected chi connectivity index (χ1v) is 23.1. The SMILES string of the molecule is CNC[C@H]1C[C@@H]2[C@@H]3C4=C[C@@H](O)[C@]5(O)O[C@@H](C(=O)Oc6c(CO)[nH]c7ccc8cc9ccccc9cc8c67)[C@H](O[C@@]2(CC4)[C@@]2(CC[C@H]4CC[C@@H]6CCc7cc(O)ccc7[C@]462)[C@H]1O)[C@]35O. The zero-order valence-electron chi connectivity index (χ0n) is 35.2. The van der Waals surface area contributed by atoms with Gasteiger partial charge in [-0.15, -0.1) is 0 Å². The number of phenolic OH excluding ortho intramolecular Hbond substituents is 1. The molecule has 4 aromatic carbocycles. The third-order valence-corrected chi connectivity index (χ3v) is 18.4. The third kappa shape index (κ3) is 4.43. The molecule has 2 saturated heterocycles. The average molecular weight is 855 g/mol. The van der Waals surface area contributed by atoms with Crippen molar-refractivity contribution >= 4 is 38.4 Å². The highest BCUT2D eigenvalue weighted by Gasteiger charge is 2.87. The summed E-state index contributed by atoms with van der Waals surface area (Å²) in [4.78, 5) is 18.4. The van der Waals surface area contributed by atoms with Gasteiger partial charge < -0.3 is 55.2 Å². The molecule has 3 heterocycles. The van der Waals surface area contributed by atoms with Crippen molar-refractivity contribution < 1.29 is 49.6 Å². The number of phenols is 1. The number of H-pyrrole nitrogens is 1. The molecule has 1 aromatic heterocycles. The molecule has 12 heteroatoms. The van der Waals surface area contributed by atoms with Gasteiger partial charge in [0.2, 0.25) is 5.79 Å². The van der Waals surface area contributed by atoms with Crippen molar-refractivity contribution in [3.05, 3.63) is 95.2 Å². The summed E-state index contributed by atoms with van der Waals surface area (Å²) in [5.41, 5.74) is -0.789. The van der Waals surface area contributed by atoms with Crippen LogP contribution in [-0.2, 0) is 32.7 Å². The lowest BCUT2D eigenvalue weighted by Crippen LogP contribution is -2.83. The van der Waals surface area contributed by atoms with Crippen LogP contribution in [0, 0.1) is 35.0 Å². The minimum atomic E-state index is -2.63. The Labute approximate surface area is 363 Å². The number of rotatable bonds is 5. The molecule has 5 aromatic rings. The molecule has 63 heavy (non-hydrogen) atoms. The first-order chi connectivity index (χ1) is 30.4. The van der Waals surface area contributed by atoms with E-state index in [9.17, 15) is 30.6 Å². The molecule has 0 amide bonds. The van der Waals surface area contributed by atoms with E-state index in [1.54, 1.807) is 12.1 Å². The molecule has 6 fully saturated rings. The monoisotopic (exact) mass is 854 g/mol. The Morgan fingerprint density at radius 2 is 1.71 bits per heavy atom. The lowest BCUT2D eigenvalue weighted by Gasteiger charge is -2.74. The van der Waals surface area contributed by atoms with Crippen molar-refractivity contribution in [1.82, 2.24) is 10.3 Å². The minimum absolute atomic E-state index is 0.107. The summed E-state index contributed by atoms with van der Waals surface area (Å²) in [5, 5.41) is 80.7. The quantitative estimate of drug-likeness (QED) is 0.0663. The van der Waals surface area contributed by atoms with Gasteiger partial charge in [0.25, 0.3) is 0 Å². The van der Waals surface area contributed by atoms with Crippen molar-refractivity contribution in [2.24, 2.45) is 35.0 Å². The maximum atomic E-state index is 15.2. The maximum absolute atomic E-state index is 15.2. The highest BCUT2D eigenvalue weighted by molar-refractivity contribution is 6.14. The van der Waals surface area contributed by atoms with Gasteiger partial charge in [0.1, 0.15) is 18.0 Å². The first-order valence-electron chi connectivity index (χ1n) is 23.1. The standard InChI is InChI=1S/C51H54N2O10/c1-52-23-30-21-36-41-29-14-17-48(36,47(44(30)57)16-15-32-10-9-31-8-6-28-19-33(55)11-12-35(28)49(31,32)47)63-45-43(62-51(60,39(56)22-29)50(41,45)59)46(58)61-42-38(24-54)53-37-13-7-27-18-25-4-2-3-5-26(25)20-34(27)40(37)42/h2-5,7,11-13,18-20,22,30-32,36,39,41,43-45,52-57,59-60H,6,8-10,14-17,21,23-24H2,1H3/t30-,31+,32-,36-,39-,41+,43-,44+,45+,47-,48-,49-,50-,51+/m1/s1. The van der Waals surface area contributed by atoms with Gasteiger partial charge in [-0.1, -0.05) is 48.0 Å². The average Bonchev–Trinajstić information content (AvgIpc) is 4.00. The number of aryl methyl sites for hydroxylation is 1. The number of aromatic hydroxyl groups is 1. The number of benzene rings is 4. The molecule has 328 valence electrons. The van der Waals surface area contributed by atoms with Crippen LogP contribution in [0.25, 0.3) is 32.4 Å². The highest BCUT2D eigenvalue weighted by atomic mass is 16.7. The second kappa shape index (κ2) is 12.9. The van der Waals surface area contributed by atoms with Crippen LogP contribution in [0.4, 0.5) is 0 Å². The van der Waals surface area contributed by atoms with Crippen LogP contribution in [0.1, 0.15) is 68.2 Å². The summed E-state index contributed by atoms with van der Waals surface area (Å²) < 4.78 is 20.5. The first kappa shape index (κ1) is 39.0. The normalized spacial score (nSPS) is 41.7. The Kier molecular flexibility index (Phi) is 8.00. The van der Waals surface area contributed by atoms with Gasteiger partial charge in [-0.3, -0.25) is 0 Å². The van der Waals surface area contributed by atoms with Gasteiger partial charge in [0.15, 0.2) is 17.5 Å². The lowest BCUT2D eigenvalue weighted by molar-refractivity contribution is -0.387. The molecule has 13 rings (SSSR count). The molecule has 14 atom stereocenters. The van der Waals surface area contributed by atoms with Crippen molar-refractivity contribution in [2.75, 3.05) is 13.6 Å². The molecule has 6 aliphatic carbocycles. The fourth-order valence-electron chi connectivity index (χ4n) is 16.6. The molecule has 0 radical (unpaired) electrons. The number of aromatic nitrogens is 1. The van der Waals surface area contributed by atoms with E-state index in [4.69, 9.17) is 14.2 Å². The zero-order valence-corrected chi connectivity index (χ0v) is 35.2. The predicted molar refractivity (Wildman–Crippen MR) is 232 cm³/mol. The van der Waals surface area contributed by atoms with Crippen LogP contribution in [0.3, 0.4) is 0 Å². The molecule has 0 unspecified atom stereocenters. The van der Waals surface area contributed by atoms with Crippen molar-refractivity contribution in [2.45, 2.75) is 111 Å².